The van der Waals surface area contributed by atoms with Crippen LogP contribution in [0, 0.1) is 12.7 Å². The van der Waals surface area contributed by atoms with E-state index >= 15 is 0 Å². The maximum Gasteiger partial charge on any atom is 0.323 e. The van der Waals surface area contributed by atoms with E-state index in [0.717, 1.165) is 22.2 Å². The van der Waals surface area contributed by atoms with Crippen LogP contribution in [-0.4, -0.2) is 68.3 Å². The Hall–Kier alpha value is -3.77. The number of carboxylic acids is 1. The lowest BCUT2D eigenvalue weighted by atomic mass is 10.2. The second-order valence-corrected chi connectivity index (χ2v) is 10.4. The van der Waals surface area contributed by atoms with E-state index in [1.165, 1.54) is 16.5 Å². The summed E-state index contributed by atoms with van der Waals surface area (Å²) in [6.45, 7) is 3.28. The van der Waals surface area contributed by atoms with Crippen LogP contribution in [0.15, 0.2) is 52.3 Å². The van der Waals surface area contributed by atoms with Crippen molar-refractivity contribution in [3.8, 4) is 0 Å². The molecule has 0 radical (unpaired) electrons. The lowest BCUT2D eigenvalue weighted by molar-refractivity contribution is -0.140. The van der Waals surface area contributed by atoms with E-state index in [4.69, 9.17) is 22.3 Å². The van der Waals surface area contributed by atoms with E-state index < -0.39 is 18.4 Å². The SMILES string of the molecule is Cc1ccc2nc(N3CCN(c4ccccc4F)CC3)c(/C=C3\SC(=S)N(CC(=O)O)C3=O)c(=O)n2c1. The Labute approximate surface area is 220 Å². The van der Waals surface area contributed by atoms with Crippen molar-refractivity contribution in [1.82, 2.24) is 14.3 Å². The number of benzene rings is 1. The Morgan fingerprint density at radius 2 is 1.84 bits per heavy atom. The number of anilines is 2. The molecule has 9 nitrogen and oxygen atoms in total. The normalized spacial score (nSPS) is 17.4. The number of hydrogen-bond acceptors (Lipinski definition) is 8. The topological polar surface area (TPSA) is 98.5 Å². The summed E-state index contributed by atoms with van der Waals surface area (Å²) >= 11 is 6.15. The fourth-order valence-corrected chi connectivity index (χ4v) is 5.62. The second kappa shape index (κ2) is 9.94. The number of aliphatic carboxylic acids is 1. The molecular formula is C25H22FN5O4S2. The molecule has 0 bridgehead atoms. The van der Waals surface area contributed by atoms with Crippen molar-refractivity contribution in [3.63, 3.8) is 0 Å². The number of hydrogen-bond donors (Lipinski definition) is 1. The molecule has 0 unspecified atom stereocenters. The van der Waals surface area contributed by atoms with E-state index in [1.807, 2.05) is 22.8 Å². The van der Waals surface area contributed by atoms with Gasteiger partial charge in [0, 0.05) is 32.4 Å². The van der Waals surface area contributed by atoms with E-state index in [-0.39, 0.29) is 26.2 Å². The van der Waals surface area contributed by atoms with E-state index in [9.17, 15) is 18.8 Å². The highest BCUT2D eigenvalue weighted by Gasteiger charge is 2.34. The van der Waals surface area contributed by atoms with Crippen molar-refractivity contribution in [2.45, 2.75) is 6.92 Å². The molecule has 0 atom stereocenters. The molecule has 2 aromatic heterocycles. The number of halogens is 1. The molecule has 190 valence electrons. The predicted octanol–water partition coefficient (Wildman–Crippen LogP) is 2.75. The molecule has 37 heavy (non-hydrogen) atoms. The summed E-state index contributed by atoms with van der Waals surface area (Å²) in [5.74, 6) is -1.64. The quantitative estimate of drug-likeness (QED) is 0.388. The monoisotopic (exact) mass is 539 g/mol. The lowest BCUT2D eigenvalue weighted by Crippen LogP contribution is -2.47. The molecule has 5 rings (SSSR count). The number of carbonyl (C=O) groups excluding carboxylic acids is 1. The van der Waals surface area contributed by atoms with Gasteiger partial charge >= 0.3 is 5.97 Å². The lowest BCUT2D eigenvalue weighted by Gasteiger charge is -2.37. The van der Waals surface area contributed by atoms with Crippen LogP contribution < -0.4 is 15.4 Å². The molecule has 2 aliphatic heterocycles. The molecule has 0 saturated carbocycles. The van der Waals surface area contributed by atoms with Crippen molar-refractivity contribution < 1.29 is 19.1 Å². The maximum atomic E-state index is 14.3. The average Bonchev–Trinajstić information content (AvgIpc) is 3.13. The molecule has 12 heteroatoms. The Balaban J connectivity index is 1.54. The van der Waals surface area contributed by atoms with E-state index in [0.29, 0.717) is 43.3 Å². The first-order valence-corrected chi connectivity index (χ1v) is 12.7. The number of fused-ring (bicyclic) bond motifs is 1. The minimum Gasteiger partial charge on any atom is -0.480 e. The largest absolute Gasteiger partial charge is 0.480 e. The zero-order valence-electron chi connectivity index (χ0n) is 19.8. The Morgan fingerprint density at radius 1 is 1.14 bits per heavy atom. The van der Waals surface area contributed by atoms with Crippen molar-refractivity contribution in [2.75, 3.05) is 42.5 Å². The number of carboxylic acid groups (broad SMARTS) is 1. The number of thioether (sulfide) groups is 1. The third-order valence-corrected chi connectivity index (χ3v) is 7.58. The highest BCUT2D eigenvalue weighted by Crippen LogP contribution is 2.33. The number of amides is 1. The van der Waals surface area contributed by atoms with Gasteiger partial charge in [0.25, 0.3) is 11.5 Å². The number of para-hydroxylation sites is 1. The van der Waals surface area contributed by atoms with Gasteiger partial charge in [-0.3, -0.25) is 23.7 Å². The fourth-order valence-electron chi connectivity index (χ4n) is 4.38. The number of thiocarbonyl (C=S) groups is 1. The summed E-state index contributed by atoms with van der Waals surface area (Å²) < 4.78 is 15.9. The van der Waals surface area contributed by atoms with Crippen molar-refractivity contribution in [1.29, 1.82) is 0 Å². The number of aromatic nitrogens is 2. The fraction of sp³-hybridized carbons (Fsp3) is 0.240. The van der Waals surface area contributed by atoms with Crippen LogP contribution in [0.25, 0.3) is 11.7 Å². The van der Waals surface area contributed by atoms with Crippen LogP contribution in [-0.2, 0) is 9.59 Å². The number of carbonyl (C=O) groups is 2. The zero-order chi connectivity index (χ0) is 26.3. The zero-order valence-corrected chi connectivity index (χ0v) is 21.4. The minimum atomic E-state index is -1.19. The van der Waals surface area contributed by atoms with Crippen LogP contribution in [0.4, 0.5) is 15.9 Å². The Bertz CT molecular complexity index is 1530. The molecule has 3 aromatic rings. The highest BCUT2D eigenvalue weighted by molar-refractivity contribution is 8.26. The van der Waals surface area contributed by atoms with Gasteiger partial charge in [-0.1, -0.05) is 42.2 Å². The van der Waals surface area contributed by atoms with Crippen molar-refractivity contribution in [2.24, 2.45) is 0 Å². The van der Waals surface area contributed by atoms with Gasteiger partial charge in [0.1, 0.15) is 28.1 Å². The molecule has 1 amide bonds. The van der Waals surface area contributed by atoms with E-state index in [1.54, 1.807) is 30.5 Å². The first kappa shape index (κ1) is 24.9. The van der Waals surface area contributed by atoms with Gasteiger partial charge in [-0.25, -0.2) is 9.37 Å². The molecule has 0 spiro atoms. The molecule has 1 aromatic carbocycles. The van der Waals surface area contributed by atoms with Crippen LogP contribution in [0.2, 0.25) is 0 Å². The minimum absolute atomic E-state index is 0.114. The second-order valence-electron chi connectivity index (χ2n) is 8.68. The standard InChI is InChI=1S/C25H22FN5O4S2/c1-15-6-7-20-27-22(29-10-8-28(9-11-29)18-5-3-2-4-17(18)26)16(23(34)30(20)13-15)12-19-24(35)31(14-21(32)33)25(36)37-19/h2-7,12-13H,8-11,14H2,1H3,(H,32,33)/b19-12-. The van der Waals surface area contributed by atoms with Gasteiger partial charge in [0.2, 0.25) is 0 Å². The van der Waals surface area contributed by atoms with Crippen LogP contribution >= 0.6 is 24.0 Å². The third-order valence-electron chi connectivity index (χ3n) is 6.20. The summed E-state index contributed by atoms with van der Waals surface area (Å²) in [6.07, 6.45) is 3.13. The number of pyridine rings is 1. The smallest absolute Gasteiger partial charge is 0.323 e. The first-order valence-electron chi connectivity index (χ1n) is 11.5. The summed E-state index contributed by atoms with van der Waals surface area (Å²) in [5, 5.41) is 9.13. The summed E-state index contributed by atoms with van der Waals surface area (Å²) in [4.78, 5) is 47.5. The molecule has 4 heterocycles. The number of rotatable bonds is 5. The molecule has 2 aliphatic rings. The predicted molar refractivity (Wildman–Crippen MR) is 145 cm³/mol. The third kappa shape index (κ3) is 4.81. The summed E-state index contributed by atoms with van der Waals surface area (Å²) in [7, 11) is 0. The van der Waals surface area contributed by atoms with Gasteiger partial charge in [-0.2, -0.15) is 0 Å². The summed E-state index contributed by atoms with van der Waals surface area (Å²) in [5.41, 5.74) is 1.69. The maximum absolute atomic E-state index is 14.3. The Morgan fingerprint density at radius 3 is 2.54 bits per heavy atom. The van der Waals surface area contributed by atoms with Crippen molar-refractivity contribution in [3.05, 3.63) is 74.8 Å². The summed E-state index contributed by atoms with van der Waals surface area (Å²) in [6, 6.07) is 10.2. The number of nitrogens with zero attached hydrogens (tertiary/aromatic N) is 5. The van der Waals surface area contributed by atoms with Gasteiger partial charge in [-0.05, 0) is 36.8 Å². The molecule has 2 fully saturated rings. The van der Waals surface area contributed by atoms with Crippen molar-refractivity contribution >= 4 is 63.4 Å². The van der Waals surface area contributed by atoms with Gasteiger partial charge in [0.15, 0.2) is 0 Å². The first-order chi connectivity index (χ1) is 17.7. The Kier molecular flexibility index (Phi) is 6.69. The van der Waals surface area contributed by atoms with Gasteiger partial charge in [0.05, 0.1) is 16.2 Å². The molecule has 0 aliphatic carbocycles. The van der Waals surface area contributed by atoms with Gasteiger partial charge < -0.3 is 14.9 Å². The molecule has 1 N–H and O–H groups in total. The number of piperazine rings is 1. The highest BCUT2D eigenvalue weighted by atomic mass is 32.2. The molecule has 2 saturated heterocycles. The van der Waals surface area contributed by atoms with E-state index in [2.05, 4.69) is 0 Å². The van der Waals surface area contributed by atoms with Crippen LogP contribution in [0.5, 0.6) is 0 Å². The molecular weight excluding hydrogens is 517 g/mol. The number of aryl methyl sites for hydroxylation is 1. The van der Waals surface area contributed by atoms with Gasteiger partial charge in [-0.15, -0.1) is 0 Å². The average molecular weight is 540 g/mol. The van der Waals surface area contributed by atoms with Crippen LogP contribution in [0.3, 0.4) is 0 Å². The van der Waals surface area contributed by atoms with Crippen LogP contribution in [0.1, 0.15) is 11.1 Å².